The number of quaternary nitrogens is 1. The van der Waals surface area contributed by atoms with Crippen LogP contribution in [0.3, 0.4) is 0 Å². The van der Waals surface area contributed by atoms with Crippen LogP contribution in [0.25, 0.3) is 5.69 Å². The van der Waals surface area contributed by atoms with Crippen molar-refractivity contribution in [1.82, 2.24) is 14.7 Å². The number of aromatic nitrogens is 2. The number of thioether (sulfide) groups is 1. The first-order chi connectivity index (χ1) is 13.6. The molecule has 148 valence electrons. The van der Waals surface area contributed by atoms with Crippen molar-refractivity contribution in [3.05, 3.63) is 40.5 Å². The Bertz CT molecular complexity index is 890. The molecule has 2 amide bonds. The third kappa shape index (κ3) is 3.76. The molecule has 7 nitrogen and oxygen atoms in total. The molecular formula is C19H23ClN5O2S+. The van der Waals surface area contributed by atoms with Gasteiger partial charge in [-0.05, 0) is 31.2 Å². The summed E-state index contributed by atoms with van der Waals surface area (Å²) in [6, 6.07) is 7.26. The van der Waals surface area contributed by atoms with Gasteiger partial charge in [0.2, 0.25) is 0 Å². The van der Waals surface area contributed by atoms with E-state index >= 15 is 0 Å². The van der Waals surface area contributed by atoms with Gasteiger partial charge in [-0.3, -0.25) is 9.59 Å². The number of benzene rings is 1. The summed E-state index contributed by atoms with van der Waals surface area (Å²) in [6.07, 6.45) is 0. The third-order valence-electron chi connectivity index (χ3n) is 5.31. The number of nitrogens with zero attached hydrogens (tertiary/aromatic N) is 3. The molecule has 0 saturated carbocycles. The molecule has 2 aliphatic heterocycles. The molecule has 1 saturated heterocycles. The lowest BCUT2D eigenvalue weighted by Crippen LogP contribution is -3.14. The number of carbonyl (C=O) groups is 2. The minimum absolute atomic E-state index is 0.474. The van der Waals surface area contributed by atoms with Gasteiger partial charge >= 0.3 is 11.8 Å². The summed E-state index contributed by atoms with van der Waals surface area (Å²) >= 11 is 7.74. The normalized spacial score (nSPS) is 16.9. The Morgan fingerprint density at radius 1 is 1.21 bits per heavy atom. The number of anilines is 1. The van der Waals surface area contributed by atoms with E-state index < -0.39 is 11.8 Å². The Hall–Kier alpha value is -2.03. The smallest absolute Gasteiger partial charge is 0.315 e. The Morgan fingerprint density at radius 3 is 2.61 bits per heavy atom. The fourth-order valence-electron chi connectivity index (χ4n) is 3.59. The zero-order chi connectivity index (χ0) is 19.7. The highest BCUT2D eigenvalue weighted by Crippen LogP contribution is 2.36. The number of carbonyl (C=O) groups excluding carboxylic acids is 2. The van der Waals surface area contributed by atoms with Gasteiger partial charge in [0, 0.05) is 22.1 Å². The number of piperazine rings is 1. The molecule has 4 rings (SSSR count). The van der Waals surface area contributed by atoms with E-state index in [4.69, 9.17) is 11.6 Å². The second kappa shape index (κ2) is 8.14. The Labute approximate surface area is 173 Å². The topological polar surface area (TPSA) is 71.7 Å². The van der Waals surface area contributed by atoms with E-state index in [1.165, 1.54) is 4.90 Å². The molecule has 0 spiro atoms. The van der Waals surface area contributed by atoms with Crippen LogP contribution in [0, 0.1) is 0 Å². The highest BCUT2D eigenvalue weighted by molar-refractivity contribution is 7.98. The van der Waals surface area contributed by atoms with Gasteiger partial charge in [0.05, 0.1) is 44.1 Å². The summed E-state index contributed by atoms with van der Waals surface area (Å²) in [6.45, 7) is 6.16. The third-order valence-corrected chi connectivity index (χ3v) is 6.53. The van der Waals surface area contributed by atoms with Crippen LogP contribution in [0.1, 0.15) is 18.2 Å². The molecule has 0 radical (unpaired) electrons. The second-order valence-corrected chi connectivity index (χ2v) is 8.43. The van der Waals surface area contributed by atoms with Gasteiger partial charge in [-0.2, -0.15) is 16.9 Å². The maximum atomic E-state index is 12.7. The molecule has 0 atom stereocenters. The Morgan fingerprint density at radius 2 is 1.93 bits per heavy atom. The van der Waals surface area contributed by atoms with Crippen LogP contribution in [-0.4, -0.2) is 59.2 Å². The lowest BCUT2D eigenvalue weighted by atomic mass is 10.2. The molecule has 2 aliphatic rings. The van der Waals surface area contributed by atoms with Crippen LogP contribution in [0.2, 0.25) is 5.02 Å². The Kier molecular flexibility index (Phi) is 5.61. The number of hydrogen-bond donors (Lipinski definition) is 2. The van der Waals surface area contributed by atoms with Gasteiger partial charge in [0.1, 0.15) is 5.82 Å². The summed E-state index contributed by atoms with van der Waals surface area (Å²) in [5.74, 6) is 1.08. The zero-order valence-corrected chi connectivity index (χ0v) is 17.3. The van der Waals surface area contributed by atoms with Crippen LogP contribution in [-0.2, 0) is 21.1 Å². The highest BCUT2D eigenvalue weighted by atomic mass is 35.5. The van der Waals surface area contributed by atoms with Crippen molar-refractivity contribution in [3.63, 3.8) is 0 Å². The predicted molar refractivity (Wildman–Crippen MR) is 110 cm³/mol. The second-order valence-electron chi connectivity index (χ2n) is 7.00. The lowest BCUT2D eigenvalue weighted by molar-refractivity contribution is -0.902. The first-order valence-corrected chi connectivity index (χ1v) is 11.0. The van der Waals surface area contributed by atoms with E-state index in [0.29, 0.717) is 23.9 Å². The molecule has 1 aromatic heterocycles. The van der Waals surface area contributed by atoms with Crippen LogP contribution in [0.4, 0.5) is 5.82 Å². The van der Waals surface area contributed by atoms with Crippen molar-refractivity contribution in [1.29, 1.82) is 0 Å². The number of likely N-dealkylation sites (N-methyl/N-ethyl adjacent to an activating group) is 1. The van der Waals surface area contributed by atoms with Gasteiger partial charge < -0.3 is 15.1 Å². The van der Waals surface area contributed by atoms with Gasteiger partial charge in [-0.25, -0.2) is 4.68 Å². The standard InChI is InChI=1S/C19H22ClN5O2S/c1-2-23-7-9-24(10-8-23)19(27)18(26)21-17-15-11-28-12-16(15)22-25(17)14-5-3-13(20)4-6-14/h3-6H,2,7-12H2,1H3,(H,21,26)/p+1. The first kappa shape index (κ1) is 19.3. The van der Waals surface area contributed by atoms with Crippen molar-refractivity contribution in [2.45, 2.75) is 18.4 Å². The monoisotopic (exact) mass is 420 g/mol. The Balaban J connectivity index is 1.55. The van der Waals surface area contributed by atoms with Crippen LogP contribution in [0.15, 0.2) is 24.3 Å². The zero-order valence-electron chi connectivity index (χ0n) is 15.7. The molecule has 0 bridgehead atoms. The minimum Gasteiger partial charge on any atom is -0.332 e. The average Bonchev–Trinajstić information content (AvgIpc) is 3.31. The fourth-order valence-corrected chi connectivity index (χ4v) is 4.76. The lowest BCUT2D eigenvalue weighted by Gasteiger charge is -2.31. The van der Waals surface area contributed by atoms with Crippen LogP contribution >= 0.6 is 23.4 Å². The van der Waals surface area contributed by atoms with E-state index in [1.54, 1.807) is 33.5 Å². The quantitative estimate of drug-likeness (QED) is 0.725. The summed E-state index contributed by atoms with van der Waals surface area (Å²) in [5.41, 5.74) is 2.73. The predicted octanol–water partition coefficient (Wildman–Crippen LogP) is 0.958. The molecule has 3 heterocycles. The largest absolute Gasteiger partial charge is 0.332 e. The van der Waals surface area contributed by atoms with E-state index in [1.807, 2.05) is 12.1 Å². The SMILES string of the molecule is CC[NH+]1CCN(C(=O)C(=O)Nc2c3c(nn2-c2ccc(Cl)cc2)CSC3)CC1. The fraction of sp³-hybridized carbons (Fsp3) is 0.421. The molecule has 2 N–H and O–H groups in total. The number of nitrogens with one attached hydrogen (secondary N) is 2. The maximum Gasteiger partial charge on any atom is 0.315 e. The average molecular weight is 421 g/mol. The van der Waals surface area contributed by atoms with E-state index in [-0.39, 0.29) is 0 Å². The number of amides is 2. The molecule has 0 unspecified atom stereocenters. The summed E-state index contributed by atoms with van der Waals surface area (Å²) < 4.78 is 1.70. The minimum atomic E-state index is -0.602. The van der Waals surface area contributed by atoms with Crippen molar-refractivity contribution < 1.29 is 14.5 Å². The number of fused-ring (bicyclic) bond motifs is 1. The molecule has 9 heteroatoms. The summed E-state index contributed by atoms with van der Waals surface area (Å²) in [4.78, 5) is 28.5. The molecular weight excluding hydrogens is 398 g/mol. The highest BCUT2D eigenvalue weighted by Gasteiger charge is 2.30. The van der Waals surface area contributed by atoms with Crippen LogP contribution < -0.4 is 10.2 Å². The molecule has 2 aromatic rings. The van der Waals surface area contributed by atoms with Gasteiger partial charge in [-0.1, -0.05) is 11.6 Å². The van der Waals surface area contributed by atoms with Crippen LogP contribution in [0.5, 0.6) is 0 Å². The van der Waals surface area contributed by atoms with E-state index in [2.05, 4.69) is 17.3 Å². The number of halogens is 1. The maximum absolute atomic E-state index is 12.7. The van der Waals surface area contributed by atoms with Gasteiger partial charge in [0.25, 0.3) is 0 Å². The van der Waals surface area contributed by atoms with E-state index in [9.17, 15) is 9.59 Å². The van der Waals surface area contributed by atoms with Crippen molar-refractivity contribution in [2.24, 2.45) is 0 Å². The summed E-state index contributed by atoms with van der Waals surface area (Å²) in [5, 5.41) is 8.12. The van der Waals surface area contributed by atoms with Crippen molar-refractivity contribution in [3.8, 4) is 5.69 Å². The molecule has 1 fully saturated rings. The van der Waals surface area contributed by atoms with E-state index in [0.717, 1.165) is 48.1 Å². The summed E-state index contributed by atoms with van der Waals surface area (Å²) in [7, 11) is 0. The molecule has 28 heavy (non-hydrogen) atoms. The van der Waals surface area contributed by atoms with Gasteiger partial charge in [0.15, 0.2) is 0 Å². The van der Waals surface area contributed by atoms with Crippen molar-refractivity contribution in [2.75, 3.05) is 38.0 Å². The first-order valence-electron chi connectivity index (χ1n) is 9.45. The molecule has 0 aliphatic carbocycles. The van der Waals surface area contributed by atoms with Crippen molar-refractivity contribution >= 4 is 41.0 Å². The number of rotatable bonds is 3. The van der Waals surface area contributed by atoms with Gasteiger partial charge in [-0.15, -0.1) is 0 Å². The molecule has 1 aromatic carbocycles. The number of hydrogen-bond acceptors (Lipinski definition) is 4.